The highest BCUT2D eigenvalue weighted by atomic mass is 28.3. The van der Waals surface area contributed by atoms with Crippen molar-refractivity contribution in [1.29, 1.82) is 0 Å². The second-order valence-electron chi connectivity index (χ2n) is 16.4. The van der Waals surface area contributed by atoms with Crippen LogP contribution in [0.5, 0.6) is 0 Å². The van der Waals surface area contributed by atoms with Gasteiger partial charge in [0.25, 0.3) is 0 Å². The normalized spacial score (nSPS) is 20.3. The first-order chi connectivity index (χ1) is 22.9. The molecule has 1 aromatic carbocycles. The number of benzene rings is 1. The van der Waals surface area contributed by atoms with Crippen molar-refractivity contribution in [3.63, 3.8) is 0 Å². The molecule has 2 atom stereocenters. The molecule has 0 aliphatic carbocycles. The maximum Gasteiger partial charge on any atom is 0.186 e. The fourth-order valence-corrected chi connectivity index (χ4v) is 8.58. The molecule has 0 radical (unpaired) electrons. The Kier molecular flexibility index (Phi) is 10.9. The summed E-state index contributed by atoms with van der Waals surface area (Å²) in [6.07, 6.45) is 10.1. The second kappa shape index (κ2) is 15.0. The highest BCUT2D eigenvalue weighted by Crippen LogP contribution is 2.41. The van der Waals surface area contributed by atoms with E-state index >= 15 is 0 Å². The third kappa shape index (κ3) is 8.66. The van der Waals surface area contributed by atoms with Gasteiger partial charge in [0.15, 0.2) is 13.6 Å². The zero-order chi connectivity index (χ0) is 33.9. The molecule has 5 heterocycles. The van der Waals surface area contributed by atoms with Crippen molar-refractivity contribution in [3.8, 4) is 22.4 Å². The van der Waals surface area contributed by atoms with E-state index in [9.17, 15) is 0 Å². The minimum Gasteiger partial charge on any atom is -0.361 e. The van der Waals surface area contributed by atoms with Crippen molar-refractivity contribution < 1.29 is 9.47 Å². The van der Waals surface area contributed by atoms with Crippen LogP contribution >= 0.6 is 0 Å². The van der Waals surface area contributed by atoms with Crippen molar-refractivity contribution >= 4 is 35.6 Å². The van der Waals surface area contributed by atoms with Gasteiger partial charge in [-0.25, -0.2) is 4.98 Å². The van der Waals surface area contributed by atoms with E-state index in [4.69, 9.17) is 24.5 Å². The molecule has 2 saturated heterocycles. The SMILES string of the molecule is BN1C2CCCC1CC(c1cc(N(COCC[Si](C)(C)C)COCC[Si](C)(C)C)n3ncc(-c4ccc(-c5ccccc5)nc4)c3n1)C2. The molecule has 2 fully saturated rings. The molecule has 0 spiro atoms. The molecule has 2 bridgehead atoms. The molecule has 0 amide bonds. The smallest absolute Gasteiger partial charge is 0.186 e. The maximum absolute atomic E-state index is 6.39. The molecule has 0 saturated carbocycles. The van der Waals surface area contributed by atoms with Crippen LogP contribution < -0.4 is 4.90 Å². The topological polar surface area (TPSA) is 68.0 Å². The molecule has 0 N–H and O–H groups in total. The van der Waals surface area contributed by atoms with Gasteiger partial charge in [-0.05, 0) is 55.9 Å². The molecule has 2 aliphatic rings. The number of piperidine rings is 2. The van der Waals surface area contributed by atoms with Gasteiger partial charge >= 0.3 is 0 Å². The second-order valence-corrected chi connectivity index (χ2v) is 27.7. The van der Waals surface area contributed by atoms with E-state index in [1.165, 1.54) is 19.3 Å². The number of hydrogen-bond donors (Lipinski definition) is 0. The number of aromatic nitrogens is 4. The monoisotopic (exact) mass is 682 g/mol. The summed E-state index contributed by atoms with van der Waals surface area (Å²) < 4.78 is 14.8. The lowest BCUT2D eigenvalue weighted by atomic mass is 9.75. The van der Waals surface area contributed by atoms with Crippen LogP contribution in [0, 0.1) is 0 Å². The number of rotatable bonds is 14. The molecular weight excluding hydrogens is 627 g/mol. The standard InChI is InChI=1S/C37H55BN6O2Si2/c1-47(2,3)19-17-45-26-42(27-46-18-20-48(4,5)6)36-23-35(30-21-31-13-10-14-32(22-30)43(31)38)41-37-33(25-40-44(36)37)29-15-16-34(39-24-29)28-11-8-7-9-12-28/h7-9,11-12,15-16,23-25,30-32H,10,13-14,17-22,26-27,38H2,1-6H3. The van der Waals surface area contributed by atoms with Gasteiger partial charge < -0.3 is 19.2 Å². The first-order valence-electron chi connectivity index (χ1n) is 18.0. The van der Waals surface area contributed by atoms with E-state index in [-0.39, 0.29) is 0 Å². The summed E-state index contributed by atoms with van der Waals surface area (Å²) in [5.74, 6) is 1.39. The highest BCUT2D eigenvalue weighted by molar-refractivity contribution is 6.76. The summed E-state index contributed by atoms with van der Waals surface area (Å²) in [6, 6.07) is 20.4. The van der Waals surface area contributed by atoms with Gasteiger partial charge in [-0.1, -0.05) is 82.1 Å². The average Bonchev–Trinajstić information content (AvgIpc) is 3.47. The number of pyridine rings is 1. The van der Waals surface area contributed by atoms with E-state index in [2.05, 4.69) is 99.4 Å². The molecular formula is C37H55BN6O2Si2. The van der Waals surface area contributed by atoms with E-state index in [0.717, 1.165) is 77.7 Å². The van der Waals surface area contributed by atoms with E-state index in [0.29, 0.717) is 31.5 Å². The summed E-state index contributed by atoms with van der Waals surface area (Å²) in [6.45, 7) is 16.8. The Morgan fingerprint density at radius 1 is 0.833 bits per heavy atom. The molecule has 4 aromatic rings. The Labute approximate surface area is 290 Å². The quantitative estimate of drug-likeness (QED) is 0.0774. The molecule has 2 unspecified atom stereocenters. The Bertz CT molecular complexity index is 1600. The van der Waals surface area contributed by atoms with Crippen molar-refractivity contribution in [2.45, 2.75) is 101 Å². The summed E-state index contributed by atoms with van der Waals surface area (Å²) in [7, 11) is -0.116. The van der Waals surface area contributed by atoms with E-state index in [1.807, 2.05) is 23.0 Å². The highest BCUT2D eigenvalue weighted by Gasteiger charge is 2.37. The van der Waals surface area contributed by atoms with Crippen LogP contribution in [0.4, 0.5) is 5.82 Å². The van der Waals surface area contributed by atoms with Gasteiger partial charge in [0, 0.05) is 69.9 Å². The first-order valence-corrected chi connectivity index (χ1v) is 25.4. The van der Waals surface area contributed by atoms with Gasteiger partial charge in [0.1, 0.15) is 19.3 Å². The van der Waals surface area contributed by atoms with Gasteiger partial charge in [-0.15, -0.1) is 0 Å². The minimum atomic E-state index is -1.22. The van der Waals surface area contributed by atoms with Crippen LogP contribution in [0.15, 0.2) is 60.9 Å². The average molecular weight is 683 g/mol. The van der Waals surface area contributed by atoms with Gasteiger partial charge in [-0.2, -0.15) is 9.61 Å². The van der Waals surface area contributed by atoms with Crippen molar-refractivity contribution in [2.75, 3.05) is 31.6 Å². The Hall–Kier alpha value is -2.83. The first kappa shape index (κ1) is 35.0. The summed E-state index contributed by atoms with van der Waals surface area (Å²) in [5, 5.41) is 4.97. The van der Waals surface area contributed by atoms with Crippen molar-refractivity contribution in [2.24, 2.45) is 0 Å². The molecule has 2 aliphatic heterocycles. The predicted octanol–water partition coefficient (Wildman–Crippen LogP) is 7.54. The van der Waals surface area contributed by atoms with E-state index < -0.39 is 16.1 Å². The number of hydrogen-bond acceptors (Lipinski definition) is 7. The molecule has 3 aromatic heterocycles. The Morgan fingerprint density at radius 2 is 1.48 bits per heavy atom. The summed E-state index contributed by atoms with van der Waals surface area (Å²) in [4.78, 5) is 15.1. The fourth-order valence-electron chi connectivity index (χ4n) is 7.07. The summed E-state index contributed by atoms with van der Waals surface area (Å²) in [5.41, 5.74) is 6.11. The Balaban J connectivity index is 1.37. The third-order valence-corrected chi connectivity index (χ3v) is 13.6. The van der Waals surface area contributed by atoms with Crippen LogP contribution in [0.1, 0.15) is 43.7 Å². The molecule has 256 valence electrons. The molecule has 48 heavy (non-hydrogen) atoms. The number of ether oxygens (including phenoxy) is 2. The molecule has 8 nitrogen and oxygen atoms in total. The van der Waals surface area contributed by atoms with Crippen LogP contribution in [-0.2, 0) is 9.47 Å². The van der Waals surface area contributed by atoms with Crippen molar-refractivity contribution in [1.82, 2.24) is 24.4 Å². The van der Waals surface area contributed by atoms with Crippen molar-refractivity contribution in [3.05, 3.63) is 66.6 Å². The van der Waals surface area contributed by atoms with Crippen LogP contribution in [0.2, 0.25) is 51.4 Å². The zero-order valence-corrected chi connectivity index (χ0v) is 32.3. The van der Waals surface area contributed by atoms with Gasteiger partial charge in [0.2, 0.25) is 0 Å². The van der Waals surface area contributed by atoms with E-state index in [1.54, 1.807) is 0 Å². The predicted molar refractivity (Wildman–Crippen MR) is 206 cm³/mol. The molecule has 6 rings (SSSR count). The number of fused-ring (bicyclic) bond motifs is 3. The van der Waals surface area contributed by atoms with Gasteiger partial charge in [0.05, 0.1) is 11.9 Å². The minimum absolute atomic E-state index is 0.407. The maximum atomic E-state index is 6.39. The fraction of sp³-hybridized carbons (Fsp3) is 0.541. The zero-order valence-electron chi connectivity index (χ0n) is 30.3. The summed E-state index contributed by atoms with van der Waals surface area (Å²) >= 11 is 0. The molecule has 11 heteroatoms. The Morgan fingerprint density at radius 3 is 2.06 bits per heavy atom. The lowest BCUT2D eigenvalue weighted by Gasteiger charge is -2.47. The number of nitrogens with zero attached hydrogens (tertiary/aromatic N) is 6. The van der Waals surface area contributed by atoms with Crippen LogP contribution in [0.25, 0.3) is 28.0 Å². The lowest BCUT2D eigenvalue weighted by molar-refractivity contribution is 0.0941. The third-order valence-electron chi connectivity index (χ3n) is 10.2. The lowest BCUT2D eigenvalue weighted by Crippen LogP contribution is -2.50. The number of anilines is 1. The van der Waals surface area contributed by atoms with Crippen LogP contribution in [0.3, 0.4) is 0 Å². The van der Waals surface area contributed by atoms with Gasteiger partial charge in [-0.3, -0.25) is 4.98 Å². The van der Waals surface area contributed by atoms with Crippen LogP contribution in [-0.4, -0.2) is 87.3 Å². The largest absolute Gasteiger partial charge is 0.361 e.